The Hall–Kier alpha value is -3.43. The van der Waals surface area contributed by atoms with Gasteiger partial charge in [-0.1, -0.05) is 82.3 Å². The van der Waals surface area contributed by atoms with Gasteiger partial charge in [-0.3, -0.25) is 4.79 Å². The van der Waals surface area contributed by atoms with Crippen molar-refractivity contribution in [2.75, 3.05) is 4.90 Å². The quantitative estimate of drug-likeness (QED) is 0.136. The van der Waals surface area contributed by atoms with Gasteiger partial charge in [0.2, 0.25) is 0 Å². The average Bonchev–Trinajstić information content (AvgIpc) is 3.79. The van der Waals surface area contributed by atoms with Crippen LogP contribution in [0.3, 0.4) is 0 Å². The van der Waals surface area contributed by atoms with Gasteiger partial charge in [-0.05, 0) is 114 Å². The highest BCUT2D eigenvalue weighted by Gasteiger charge is 2.45. The number of allylic oxidation sites excluding steroid dienone is 1. The number of aryl methyl sites for hydroxylation is 1. The lowest BCUT2D eigenvalue weighted by atomic mass is 9.71. The van der Waals surface area contributed by atoms with Crippen LogP contribution in [0.2, 0.25) is 0 Å². The van der Waals surface area contributed by atoms with Gasteiger partial charge in [-0.25, -0.2) is 0 Å². The van der Waals surface area contributed by atoms with Crippen molar-refractivity contribution in [2.45, 2.75) is 95.9 Å². The molecule has 2 aliphatic carbocycles. The van der Waals surface area contributed by atoms with Crippen molar-refractivity contribution in [1.29, 1.82) is 0 Å². The molecule has 2 atom stereocenters. The van der Waals surface area contributed by atoms with Crippen molar-refractivity contribution in [3.8, 4) is 21.6 Å². The minimum absolute atomic E-state index is 0.142. The number of fused-ring (bicyclic) bond motifs is 6. The van der Waals surface area contributed by atoms with E-state index in [2.05, 4.69) is 92.4 Å². The molecule has 1 saturated carbocycles. The van der Waals surface area contributed by atoms with Gasteiger partial charge in [0.25, 0.3) is 0 Å². The first kappa shape index (κ1) is 28.3. The number of carbonyl (C=O) groups excluding carboxylic acids is 1. The SMILES string of the molecule is CCCCC1(CCCC)c2ccccc2-c2cc(N3c4ccc(-c5cc(C)c(/C=C/C=O)s5)cc4C4CCCC43)ccc21. The van der Waals surface area contributed by atoms with Gasteiger partial charge in [0, 0.05) is 38.5 Å². The summed E-state index contributed by atoms with van der Waals surface area (Å²) >= 11 is 1.78. The molecule has 1 aromatic heterocycles. The van der Waals surface area contributed by atoms with Crippen LogP contribution in [0, 0.1) is 6.92 Å². The van der Waals surface area contributed by atoms with Gasteiger partial charge < -0.3 is 4.90 Å². The second-order valence-electron chi connectivity index (χ2n) is 13.0. The number of nitrogens with zero attached hydrogens (tertiary/aromatic N) is 1. The monoisotopic (exact) mass is 585 g/mol. The first-order valence-electron chi connectivity index (χ1n) is 16.5. The van der Waals surface area contributed by atoms with Crippen LogP contribution in [-0.4, -0.2) is 12.3 Å². The molecular weight excluding hydrogens is 543 g/mol. The van der Waals surface area contributed by atoms with Crippen molar-refractivity contribution in [2.24, 2.45) is 0 Å². The van der Waals surface area contributed by atoms with Crippen LogP contribution in [0.4, 0.5) is 11.4 Å². The van der Waals surface area contributed by atoms with E-state index in [1.54, 1.807) is 28.5 Å². The Kier molecular flexibility index (Phi) is 7.63. The molecule has 4 aromatic rings. The Morgan fingerprint density at radius 1 is 0.907 bits per heavy atom. The molecule has 0 saturated heterocycles. The van der Waals surface area contributed by atoms with Crippen LogP contribution >= 0.6 is 11.3 Å². The number of thiophene rings is 1. The summed E-state index contributed by atoms with van der Waals surface area (Å²) in [5.41, 5.74) is 13.0. The van der Waals surface area contributed by atoms with E-state index < -0.39 is 0 Å². The summed E-state index contributed by atoms with van der Waals surface area (Å²) in [6.45, 7) is 6.80. The van der Waals surface area contributed by atoms with E-state index in [0.717, 1.165) is 11.2 Å². The largest absolute Gasteiger partial charge is 0.337 e. The van der Waals surface area contributed by atoms with E-state index in [0.29, 0.717) is 12.0 Å². The van der Waals surface area contributed by atoms with Crippen LogP contribution in [0.15, 0.2) is 72.8 Å². The van der Waals surface area contributed by atoms with Gasteiger partial charge >= 0.3 is 0 Å². The molecule has 2 nitrogen and oxygen atoms in total. The summed E-state index contributed by atoms with van der Waals surface area (Å²) in [7, 11) is 0. The summed E-state index contributed by atoms with van der Waals surface area (Å²) in [6, 6.07) is 26.8. The first-order chi connectivity index (χ1) is 21.1. The number of rotatable bonds is 10. The maximum atomic E-state index is 10.9. The molecule has 43 heavy (non-hydrogen) atoms. The molecule has 0 N–H and O–H groups in total. The molecule has 2 heterocycles. The van der Waals surface area contributed by atoms with Crippen molar-refractivity contribution >= 4 is 35.1 Å². The zero-order valence-corrected chi connectivity index (χ0v) is 26.7. The third-order valence-corrected chi connectivity index (χ3v) is 11.8. The lowest BCUT2D eigenvalue weighted by Gasteiger charge is -2.33. The van der Waals surface area contributed by atoms with Crippen LogP contribution in [0.25, 0.3) is 27.6 Å². The van der Waals surface area contributed by atoms with Gasteiger partial charge in [0.05, 0.1) is 0 Å². The topological polar surface area (TPSA) is 20.3 Å². The van der Waals surface area contributed by atoms with Gasteiger partial charge in [-0.15, -0.1) is 11.3 Å². The highest BCUT2D eigenvalue weighted by Crippen LogP contribution is 2.57. The Balaban J connectivity index is 1.30. The van der Waals surface area contributed by atoms with Crippen LogP contribution in [0.5, 0.6) is 0 Å². The van der Waals surface area contributed by atoms with E-state index in [1.165, 1.54) is 102 Å². The number of unbranched alkanes of at least 4 members (excludes halogenated alkanes) is 2. The minimum atomic E-state index is 0.142. The van der Waals surface area contributed by atoms with Crippen LogP contribution < -0.4 is 4.90 Å². The fourth-order valence-corrected chi connectivity index (χ4v) is 9.58. The molecular formula is C40H43NOS. The summed E-state index contributed by atoms with van der Waals surface area (Å²) in [5.74, 6) is 0.583. The number of carbonyl (C=O) groups is 1. The summed E-state index contributed by atoms with van der Waals surface area (Å²) in [4.78, 5) is 16.0. The lowest BCUT2D eigenvalue weighted by Crippen LogP contribution is -2.27. The molecule has 1 fully saturated rings. The van der Waals surface area contributed by atoms with E-state index >= 15 is 0 Å². The lowest BCUT2D eigenvalue weighted by molar-refractivity contribution is -0.104. The second kappa shape index (κ2) is 11.6. The Labute approximate surface area is 261 Å². The van der Waals surface area contributed by atoms with E-state index in [-0.39, 0.29) is 5.41 Å². The molecule has 1 aliphatic heterocycles. The summed E-state index contributed by atoms with van der Waals surface area (Å²) in [5, 5.41) is 0. The van der Waals surface area contributed by atoms with Crippen molar-refractivity contribution < 1.29 is 4.79 Å². The van der Waals surface area contributed by atoms with Gasteiger partial charge in [-0.2, -0.15) is 0 Å². The fourth-order valence-electron chi connectivity index (χ4n) is 8.50. The van der Waals surface area contributed by atoms with Crippen LogP contribution in [-0.2, 0) is 10.2 Å². The standard InChI is InChI=1S/C40H43NOS/c1-4-6-21-40(22-7-5-2)34-14-9-8-12-30(34)32-26-29(18-19-35(32)40)41-36-15-10-13-31(36)33-25-28(17-20-37(33)41)39-24-27(3)38(43-39)16-11-23-42/h8-9,11-12,14,16-20,23-26,31,36H,4-7,10,13,15,21-22H2,1-3H3/b16-11+. The molecule has 0 radical (unpaired) electrons. The van der Waals surface area contributed by atoms with E-state index in [9.17, 15) is 4.79 Å². The predicted molar refractivity (Wildman–Crippen MR) is 184 cm³/mol. The smallest absolute Gasteiger partial charge is 0.142 e. The maximum Gasteiger partial charge on any atom is 0.142 e. The first-order valence-corrected chi connectivity index (χ1v) is 17.3. The number of benzene rings is 3. The molecule has 0 amide bonds. The normalized spacial score (nSPS) is 19.5. The Bertz CT molecular complexity index is 1680. The second-order valence-corrected chi connectivity index (χ2v) is 14.0. The van der Waals surface area contributed by atoms with E-state index in [1.807, 2.05) is 6.08 Å². The number of hydrogen-bond acceptors (Lipinski definition) is 3. The van der Waals surface area contributed by atoms with Crippen LogP contribution in [0.1, 0.15) is 105 Å². The molecule has 220 valence electrons. The summed E-state index contributed by atoms with van der Waals surface area (Å²) < 4.78 is 0. The highest BCUT2D eigenvalue weighted by molar-refractivity contribution is 7.16. The summed E-state index contributed by atoms with van der Waals surface area (Å²) in [6.07, 6.45) is 15.7. The molecule has 3 heteroatoms. The number of hydrogen-bond donors (Lipinski definition) is 0. The van der Waals surface area contributed by atoms with Gasteiger partial charge in [0.1, 0.15) is 6.29 Å². The molecule has 3 aromatic carbocycles. The highest BCUT2D eigenvalue weighted by atomic mass is 32.1. The average molecular weight is 586 g/mol. The molecule has 2 unspecified atom stereocenters. The zero-order valence-electron chi connectivity index (χ0n) is 25.9. The fraction of sp³-hybridized carbons (Fsp3) is 0.375. The zero-order chi connectivity index (χ0) is 29.6. The molecule has 3 aliphatic rings. The minimum Gasteiger partial charge on any atom is -0.337 e. The number of aldehydes is 1. The van der Waals surface area contributed by atoms with Crippen molar-refractivity contribution in [1.82, 2.24) is 0 Å². The van der Waals surface area contributed by atoms with Crippen molar-refractivity contribution in [3.05, 3.63) is 99.9 Å². The van der Waals surface area contributed by atoms with E-state index in [4.69, 9.17) is 0 Å². The molecule has 0 spiro atoms. The Morgan fingerprint density at radius 3 is 2.49 bits per heavy atom. The van der Waals surface area contributed by atoms with Crippen molar-refractivity contribution in [3.63, 3.8) is 0 Å². The third kappa shape index (κ3) is 4.63. The maximum absolute atomic E-state index is 10.9. The Morgan fingerprint density at radius 2 is 1.70 bits per heavy atom. The molecule has 7 rings (SSSR count). The predicted octanol–water partition coefficient (Wildman–Crippen LogP) is 11.4. The van der Waals surface area contributed by atoms with Gasteiger partial charge in [0.15, 0.2) is 0 Å². The molecule has 0 bridgehead atoms. The number of anilines is 2. The third-order valence-electron chi connectivity index (χ3n) is 10.5.